The molecule has 0 aromatic rings. The van der Waals surface area contributed by atoms with E-state index in [2.05, 4.69) is 10.6 Å². The van der Waals surface area contributed by atoms with E-state index in [0.29, 0.717) is 190 Å². The molecule has 23 nitrogen and oxygen atoms in total. The summed E-state index contributed by atoms with van der Waals surface area (Å²) < 4.78 is 76.5. The first kappa shape index (κ1) is 66.5. The first-order valence-electron chi connectivity index (χ1n) is 24.9. The molecule has 3 atom stereocenters. The van der Waals surface area contributed by atoms with Crippen molar-refractivity contribution >= 4 is 41.2 Å². The van der Waals surface area contributed by atoms with Crippen LogP contribution in [0.3, 0.4) is 0 Å². The first-order chi connectivity index (χ1) is 34.7. The summed E-state index contributed by atoms with van der Waals surface area (Å²) >= 11 is 1.34. The molecule has 0 aromatic heterocycles. The Kier molecular flexibility index (Phi) is 46.6. The zero-order valence-corrected chi connectivity index (χ0v) is 43.6. The third-order valence-corrected chi connectivity index (χ3v) is 11.2. The Morgan fingerprint density at radius 3 is 1.42 bits per heavy atom. The molecular formula is C47H87N3O20S. The van der Waals surface area contributed by atoms with Crippen LogP contribution in [0.4, 0.5) is 0 Å². The summed E-state index contributed by atoms with van der Waals surface area (Å²) in [5, 5.41) is 14.1. The predicted molar refractivity (Wildman–Crippen MR) is 260 cm³/mol. The molecule has 1 heterocycles. The molecule has 0 radical (unpaired) electrons. The van der Waals surface area contributed by atoms with E-state index in [9.17, 15) is 29.1 Å². The molecule has 1 rings (SSSR count). The molecule has 1 aliphatic rings. The van der Waals surface area contributed by atoms with Crippen molar-refractivity contribution in [2.24, 2.45) is 0 Å². The summed E-state index contributed by atoms with van der Waals surface area (Å²) in [6.45, 7) is 12.6. The molecule has 1 aliphatic heterocycles. The molecule has 3 unspecified atom stereocenters. The fourth-order valence-electron chi connectivity index (χ4n) is 6.04. The highest BCUT2D eigenvalue weighted by atomic mass is 32.2. The highest BCUT2D eigenvalue weighted by molar-refractivity contribution is 8.00. The van der Waals surface area contributed by atoms with Crippen molar-refractivity contribution in [1.29, 1.82) is 0 Å². The quantitative estimate of drug-likeness (QED) is 0.0427. The Labute approximate surface area is 425 Å². The van der Waals surface area contributed by atoms with Gasteiger partial charge >= 0.3 is 0 Å². The molecule has 4 amide bonds. The van der Waals surface area contributed by atoms with Gasteiger partial charge in [0.05, 0.1) is 183 Å². The Morgan fingerprint density at radius 2 is 1.03 bits per heavy atom. The number of imide groups is 1. The topological polar surface area (TPSA) is 262 Å². The number of hydrogen-bond acceptors (Lipinski definition) is 21. The molecule has 0 bridgehead atoms. The normalized spacial score (nSPS) is 14.6. The van der Waals surface area contributed by atoms with Crippen LogP contribution >= 0.6 is 11.8 Å². The fourth-order valence-corrected chi connectivity index (χ4v) is 7.07. The fraction of sp³-hybridized carbons (Fsp3) is 0.894. The summed E-state index contributed by atoms with van der Waals surface area (Å²) in [4.78, 5) is 62.0. The monoisotopic (exact) mass is 1050 g/mol. The van der Waals surface area contributed by atoms with Crippen LogP contribution in [0.15, 0.2) is 0 Å². The average Bonchev–Trinajstić information content (AvgIpc) is 3.64. The molecule has 416 valence electrons. The second kappa shape index (κ2) is 49.7. The van der Waals surface area contributed by atoms with E-state index < -0.39 is 11.5 Å². The van der Waals surface area contributed by atoms with Crippen LogP contribution < -0.4 is 10.6 Å². The van der Waals surface area contributed by atoms with Gasteiger partial charge in [-0.1, -0.05) is 6.92 Å². The van der Waals surface area contributed by atoms with E-state index in [1.165, 1.54) is 23.8 Å². The maximum Gasteiger partial charge on any atom is 0.242 e. The standard InChI is InChI=1S/C47H87N3O20S/c1-4-41(39-51)70-46(57-3)9-8-40(52)6-5-7-44(54)49-11-37-71-42-38-45(55)50(47(42)56)12-14-59-16-18-61-20-22-63-24-26-65-28-30-67-32-34-69-36-35-68-33-31-66-29-27-64-25-23-62-21-19-60-17-15-58-13-10-43(53)48-2/h41-42,46,51H,4-39H2,1-3H3,(H,48,53)(H,49,54). The summed E-state index contributed by atoms with van der Waals surface area (Å²) in [5.74, 6) is -0.232. The maximum atomic E-state index is 12.8. The predicted octanol–water partition coefficient (Wildman–Crippen LogP) is 0.578. The SMILES string of the molecule is CCC(CO)OC(CCC(=O)CCCC(=O)NCCSC1CC(=O)N(CCOCCOCCOCCOCCOCCOCCOCCOCCOCCOCCOCCOCCC(=O)NC)C1=O)OC. The summed E-state index contributed by atoms with van der Waals surface area (Å²) in [6.07, 6.45) is 1.72. The van der Waals surface area contributed by atoms with Gasteiger partial charge in [-0.3, -0.25) is 28.9 Å². The third-order valence-electron chi connectivity index (χ3n) is 10.0. The highest BCUT2D eigenvalue weighted by Gasteiger charge is 2.38. The molecule has 1 fully saturated rings. The van der Waals surface area contributed by atoms with Crippen molar-refractivity contribution in [3.8, 4) is 0 Å². The van der Waals surface area contributed by atoms with Gasteiger partial charge in [0, 0.05) is 65.0 Å². The van der Waals surface area contributed by atoms with E-state index in [4.69, 9.17) is 66.3 Å². The van der Waals surface area contributed by atoms with Crippen LogP contribution in [0.25, 0.3) is 0 Å². The van der Waals surface area contributed by atoms with Gasteiger partial charge in [0.15, 0.2) is 6.29 Å². The average molecular weight is 1050 g/mol. The largest absolute Gasteiger partial charge is 0.394 e. The number of nitrogens with one attached hydrogen (secondary N) is 2. The molecule has 0 aliphatic carbocycles. The number of rotatable bonds is 55. The van der Waals surface area contributed by atoms with Gasteiger partial charge in [0.2, 0.25) is 23.6 Å². The van der Waals surface area contributed by atoms with Crippen molar-refractivity contribution < 1.29 is 95.4 Å². The minimum atomic E-state index is -0.569. The van der Waals surface area contributed by atoms with Gasteiger partial charge in [0.1, 0.15) is 5.78 Å². The van der Waals surface area contributed by atoms with Crippen molar-refractivity contribution in [2.75, 3.05) is 198 Å². The lowest BCUT2D eigenvalue weighted by Gasteiger charge is -2.21. The van der Waals surface area contributed by atoms with Crippen LogP contribution in [-0.4, -0.2) is 255 Å². The second-order valence-electron chi connectivity index (χ2n) is 15.5. The maximum absolute atomic E-state index is 12.8. The molecule has 0 spiro atoms. The zero-order valence-electron chi connectivity index (χ0n) is 42.7. The first-order valence-corrected chi connectivity index (χ1v) is 26.0. The second-order valence-corrected chi connectivity index (χ2v) is 16.8. The van der Waals surface area contributed by atoms with E-state index in [0.717, 1.165) is 0 Å². The Balaban J connectivity index is 1.80. The Bertz CT molecular complexity index is 1310. The van der Waals surface area contributed by atoms with Gasteiger partial charge in [-0.05, 0) is 12.8 Å². The number of ketones is 1. The lowest BCUT2D eigenvalue weighted by molar-refractivity contribution is -0.169. The number of methoxy groups -OCH3 is 1. The van der Waals surface area contributed by atoms with Gasteiger partial charge in [-0.25, -0.2) is 0 Å². The number of carbonyl (C=O) groups excluding carboxylic acids is 5. The van der Waals surface area contributed by atoms with Crippen LogP contribution in [0.2, 0.25) is 0 Å². The molecule has 0 saturated carbocycles. The van der Waals surface area contributed by atoms with Gasteiger partial charge in [0.25, 0.3) is 0 Å². The highest BCUT2D eigenvalue weighted by Crippen LogP contribution is 2.24. The Morgan fingerprint density at radius 1 is 0.606 bits per heavy atom. The molecule has 24 heteroatoms. The molecule has 3 N–H and O–H groups in total. The molecular weight excluding hydrogens is 959 g/mol. The van der Waals surface area contributed by atoms with Crippen LogP contribution in [0.1, 0.15) is 58.3 Å². The van der Waals surface area contributed by atoms with E-state index >= 15 is 0 Å². The molecule has 1 saturated heterocycles. The van der Waals surface area contributed by atoms with Crippen molar-refractivity contribution in [1.82, 2.24) is 15.5 Å². The van der Waals surface area contributed by atoms with Crippen molar-refractivity contribution in [2.45, 2.75) is 75.9 Å². The molecule has 71 heavy (non-hydrogen) atoms. The minimum Gasteiger partial charge on any atom is -0.394 e. The van der Waals surface area contributed by atoms with Gasteiger partial charge in [-0.2, -0.15) is 0 Å². The zero-order chi connectivity index (χ0) is 51.7. The smallest absolute Gasteiger partial charge is 0.242 e. The lowest BCUT2D eigenvalue weighted by atomic mass is 10.1. The number of ether oxygens (including phenoxy) is 14. The third kappa shape index (κ3) is 40.6. The van der Waals surface area contributed by atoms with E-state index in [1.807, 2.05) is 6.92 Å². The van der Waals surface area contributed by atoms with Crippen LogP contribution in [0, 0.1) is 0 Å². The number of hydrogen-bond donors (Lipinski definition) is 3. The van der Waals surface area contributed by atoms with Crippen LogP contribution in [0.5, 0.6) is 0 Å². The number of aliphatic hydroxyl groups excluding tert-OH is 1. The number of Topliss-reactive ketones (excluding diaryl/α,β-unsaturated/α-hetero) is 1. The number of aliphatic hydroxyl groups is 1. The van der Waals surface area contributed by atoms with E-state index in [-0.39, 0.29) is 81.0 Å². The molecule has 0 aromatic carbocycles. The number of carbonyl (C=O) groups is 5. The van der Waals surface area contributed by atoms with E-state index in [1.54, 1.807) is 7.05 Å². The van der Waals surface area contributed by atoms with Crippen molar-refractivity contribution in [3.05, 3.63) is 0 Å². The Hall–Kier alpha value is -2.50. The number of likely N-dealkylation sites (tertiary alicyclic amines) is 1. The van der Waals surface area contributed by atoms with Crippen molar-refractivity contribution in [3.63, 3.8) is 0 Å². The van der Waals surface area contributed by atoms with Crippen LogP contribution in [-0.2, 0) is 90.3 Å². The van der Waals surface area contributed by atoms with Gasteiger partial charge in [-0.15, -0.1) is 11.8 Å². The lowest BCUT2D eigenvalue weighted by Crippen LogP contribution is -2.34. The minimum absolute atomic E-state index is 0.0105. The summed E-state index contributed by atoms with van der Waals surface area (Å²) in [7, 11) is 3.09. The summed E-state index contributed by atoms with van der Waals surface area (Å²) in [6, 6.07) is 0. The number of thioether (sulfide) groups is 1. The summed E-state index contributed by atoms with van der Waals surface area (Å²) in [5.41, 5.74) is 0. The van der Waals surface area contributed by atoms with Gasteiger partial charge < -0.3 is 82.1 Å². The number of nitrogens with zero attached hydrogens (tertiary/aromatic N) is 1. The number of amides is 4.